The summed E-state index contributed by atoms with van der Waals surface area (Å²) >= 11 is 3.35. The van der Waals surface area contributed by atoms with E-state index in [0.29, 0.717) is 0 Å². The van der Waals surface area contributed by atoms with Gasteiger partial charge in [0.05, 0.1) is 5.69 Å². The normalized spacial score (nSPS) is 14.5. The van der Waals surface area contributed by atoms with Crippen molar-refractivity contribution in [2.75, 3.05) is 17.3 Å². The summed E-state index contributed by atoms with van der Waals surface area (Å²) in [5.74, 6) is 1.78. The Morgan fingerprint density at radius 3 is 3.17 bits per heavy atom. The van der Waals surface area contributed by atoms with E-state index < -0.39 is 0 Å². The highest BCUT2D eigenvalue weighted by atomic mass is 79.9. The maximum atomic E-state index is 4.25. The summed E-state index contributed by atoms with van der Waals surface area (Å²) in [5.41, 5.74) is 0.997. The summed E-state index contributed by atoms with van der Waals surface area (Å²) in [6.45, 7) is 3.84. The van der Waals surface area contributed by atoms with E-state index in [1.165, 1.54) is 0 Å². The van der Waals surface area contributed by atoms with Crippen molar-refractivity contribution in [3.05, 3.63) is 29.1 Å². The molecule has 12 heavy (non-hydrogen) atoms. The topological polar surface area (TPSA) is 28.2 Å². The Bertz CT molecular complexity index is 348. The maximum absolute atomic E-state index is 4.25. The first-order valence-electron chi connectivity index (χ1n) is 3.53. The van der Waals surface area contributed by atoms with Gasteiger partial charge in [0.1, 0.15) is 5.82 Å². The van der Waals surface area contributed by atoms with Gasteiger partial charge in [0.25, 0.3) is 0 Å². The van der Waals surface area contributed by atoms with Gasteiger partial charge < -0.3 is 10.2 Å². The van der Waals surface area contributed by atoms with Gasteiger partial charge in [-0.2, -0.15) is 0 Å². The lowest BCUT2D eigenvalue weighted by Crippen LogP contribution is -2.13. The van der Waals surface area contributed by atoms with Gasteiger partial charge in [0.2, 0.25) is 0 Å². The van der Waals surface area contributed by atoms with Crippen LogP contribution in [0.5, 0.6) is 0 Å². The van der Waals surface area contributed by atoms with Crippen LogP contribution in [0.1, 0.15) is 0 Å². The molecule has 0 saturated carbocycles. The van der Waals surface area contributed by atoms with Crippen LogP contribution < -0.4 is 10.2 Å². The molecule has 0 atom stereocenters. The molecule has 0 bridgehead atoms. The van der Waals surface area contributed by atoms with Crippen LogP contribution in [0.2, 0.25) is 0 Å². The number of nitrogens with zero attached hydrogens (tertiary/aromatic N) is 2. The molecule has 0 radical (unpaired) electrons. The van der Waals surface area contributed by atoms with E-state index in [1.54, 1.807) is 6.20 Å². The second-order valence-electron chi connectivity index (χ2n) is 2.66. The zero-order chi connectivity index (χ0) is 8.72. The van der Waals surface area contributed by atoms with E-state index in [4.69, 9.17) is 0 Å². The van der Waals surface area contributed by atoms with Crippen LogP contribution in [-0.2, 0) is 0 Å². The molecule has 62 valence electrons. The van der Waals surface area contributed by atoms with Crippen molar-refractivity contribution >= 4 is 27.4 Å². The fourth-order valence-corrected chi connectivity index (χ4v) is 1.49. The molecule has 0 aliphatic carbocycles. The number of fused-ring (bicyclic) bond motifs is 1. The van der Waals surface area contributed by atoms with Gasteiger partial charge in [-0.15, -0.1) is 0 Å². The molecular formula is C8H8BrN3. The quantitative estimate of drug-likeness (QED) is 0.734. The molecule has 2 rings (SSSR count). The fraction of sp³-hybridized carbons (Fsp3) is 0.125. The van der Waals surface area contributed by atoms with Crippen LogP contribution in [0, 0.1) is 0 Å². The van der Waals surface area contributed by atoms with Gasteiger partial charge in [-0.25, -0.2) is 4.98 Å². The van der Waals surface area contributed by atoms with Gasteiger partial charge >= 0.3 is 0 Å². The second-order valence-corrected chi connectivity index (χ2v) is 3.57. The third-order valence-electron chi connectivity index (χ3n) is 1.83. The molecule has 1 aromatic heterocycles. The lowest BCUT2D eigenvalue weighted by Gasteiger charge is -2.09. The van der Waals surface area contributed by atoms with Crippen LogP contribution in [0.25, 0.3) is 0 Å². The molecule has 0 fully saturated rings. The highest BCUT2D eigenvalue weighted by molar-refractivity contribution is 9.10. The summed E-state index contributed by atoms with van der Waals surface area (Å²) < 4.78 is 0.969. The van der Waals surface area contributed by atoms with Gasteiger partial charge in [-0.05, 0) is 22.0 Å². The standard InChI is InChI=1S/C8H8BrN3/c1-5-11-7-3-6(9)4-10-8(7)12(5)2/h3-4,11H,1H2,2H3. The lowest BCUT2D eigenvalue weighted by molar-refractivity contribution is 1.11. The van der Waals surface area contributed by atoms with E-state index in [1.807, 2.05) is 18.0 Å². The molecule has 0 saturated heterocycles. The van der Waals surface area contributed by atoms with Crippen molar-refractivity contribution in [1.82, 2.24) is 4.98 Å². The minimum atomic E-state index is 0.857. The summed E-state index contributed by atoms with van der Waals surface area (Å²) in [4.78, 5) is 6.16. The van der Waals surface area contributed by atoms with E-state index in [-0.39, 0.29) is 0 Å². The molecule has 2 heterocycles. The molecule has 3 nitrogen and oxygen atoms in total. The molecule has 0 spiro atoms. The number of hydrogen-bond donors (Lipinski definition) is 1. The van der Waals surface area contributed by atoms with Crippen molar-refractivity contribution in [1.29, 1.82) is 0 Å². The second kappa shape index (κ2) is 2.48. The summed E-state index contributed by atoms with van der Waals surface area (Å²) in [5, 5.41) is 3.13. The van der Waals surface area contributed by atoms with E-state index in [2.05, 4.69) is 32.8 Å². The van der Waals surface area contributed by atoms with E-state index in [0.717, 1.165) is 21.8 Å². The molecule has 0 unspecified atom stereocenters. The van der Waals surface area contributed by atoms with Gasteiger partial charge in [-0.3, -0.25) is 0 Å². The monoisotopic (exact) mass is 225 g/mol. The molecule has 0 aromatic carbocycles. The first-order valence-corrected chi connectivity index (χ1v) is 4.33. The molecule has 1 N–H and O–H groups in total. The SMILES string of the molecule is C=C1Nc2cc(Br)cnc2N1C. The molecule has 0 amide bonds. The maximum Gasteiger partial charge on any atom is 0.157 e. The van der Waals surface area contributed by atoms with Crippen molar-refractivity contribution < 1.29 is 0 Å². The number of halogens is 1. The number of rotatable bonds is 0. The molecule has 1 aliphatic rings. The Balaban J connectivity index is 2.54. The number of anilines is 2. The number of pyridine rings is 1. The zero-order valence-electron chi connectivity index (χ0n) is 6.63. The average Bonchev–Trinajstić information content (AvgIpc) is 2.28. The third kappa shape index (κ3) is 0.992. The number of hydrogen-bond acceptors (Lipinski definition) is 3. The number of nitrogens with one attached hydrogen (secondary N) is 1. The lowest BCUT2D eigenvalue weighted by atomic mass is 10.4. The van der Waals surface area contributed by atoms with Crippen LogP contribution >= 0.6 is 15.9 Å². The molecule has 4 heteroatoms. The predicted octanol–water partition coefficient (Wildman–Crippen LogP) is 2.18. The summed E-state index contributed by atoms with van der Waals surface area (Å²) in [7, 11) is 1.93. The molecular weight excluding hydrogens is 218 g/mol. The highest BCUT2D eigenvalue weighted by Crippen LogP contribution is 2.33. The fourth-order valence-electron chi connectivity index (χ4n) is 1.16. The Hall–Kier alpha value is -1.03. The first-order chi connectivity index (χ1) is 5.68. The Morgan fingerprint density at radius 2 is 2.42 bits per heavy atom. The van der Waals surface area contributed by atoms with Crippen molar-refractivity contribution in [3.8, 4) is 0 Å². The first kappa shape index (κ1) is 7.61. The van der Waals surface area contributed by atoms with Crippen LogP contribution in [-0.4, -0.2) is 12.0 Å². The van der Waals surface area contributed by atoms with Crippen molar-refractivity contribution in [3.63, 3.8) is 0 Å². The zero-order valence-corrected chi connectivity index (χ0v) is 8.22. The smallest absolute Gasteiger partial charge is 0.157 e. The van der Waals surface area contributed by atoms with Gasteiger partial charge in [-0.1, -0.05) is 6.58 Å². The number of aromatic nitrogens is 1. The van der Waals surface area contributed by atoms with Crippen molar-refractivity contribution in [2.45, 2.75) is 0 Å². The Labute approximate surface area is 79.2 Å². The average molecular weight is 226 g/mol. The van der Waals surface area contributed by atoms with Crippen LogP contribution in [0.15, 0.2) is 29.1 Å². The summed E-state index contributed by atoms with van der Waals surface area (Å²) in [6.07, 6.45) is 1.77. The molecule has 1 aliphatic heterocycles. The highest BCUT2D eigenvalue weighted by Gasteiger charge is 2.19. The Morgan fingerprint density at radius 1 is 1.67 bits per heavy atom. The van der Waals surface area contributed by atoms with Crippen LogP contribution in [0.3, 0.4) is 0 Å². The summed E-state index contributed by atoms with van der Waals surface area (Å²) in [6, 6.07) is 1.98. The van der Waals surface area contributed by atoms with Gasteiger partial charge in [0, 0.05) is 17.7 Å². The Kier molecular flexibility index (Phi) is 1.58. The minimum Gasteiger partial charge on any atom is -0.339 e. The molecule has 1 aromatic rings. The van der Waals surface area contributed by atoms with E-state index >= 15 is 0 Å². The minimum absolute atomic E-state index is 0.857. The van der Waals surface area contributed by atoms with Crippen LogP contribution in [0.4, 0.5) is 11.5 Å². The largest absolute Gasteiger partial charge is 0.339 e. The predicted molar refractivity (Wildman–Crippen MR) is 53.1 cm³/mol. The van der Waals surface area contributed by atoms with Gasteiger partial charge in [0.15, 0.2) is 5.82 Å². The van der Waals surface area contributed by atoms with E-state index in [9.17, 15) is 0 Å². The van der Waals surface area contributed by atoms with Crippen molar-refractivity contribution in [2.24, 2.45) is 0 Å². The third-order valence-corrected chi connectivity index (χ3v) is 2.27.